The molecule has 0 amide bonds. The van der Waals surface area contributed by atoms with Crippen LogP contribution in [0.3, 0.4) is 0 Å². The number of phosphoric acid groups is 1. The van der Waals surface area contributed by atoms with Crippen LogP contribution in [0.5, 0.6) is 0 Å². The van der Waals surface area contributed by atoms with Crippen molar-refractivity contribution in [2.75, 3.05) is 6.61 Å². The highest BCUT2D eigenvalue weighted by Crippen LogP contribution is 2.40. The summed E-state index contributed by atoms with van der Waals surface area (Å²) in [7, 11) is -3.88. The molecule has 0 heterocycles. The van der Waals surface area contributed by atoms with Crippen LogP contribution in [-0.2, 0) is 13.7 Å². The molecule has 4 N–H and O–H groups in total. The molecule has 0 aromatic carbocycles. The summed E-state index contributed by atoms with van der Waals surface area (Å²) in [6, 6.07) is 0. The summed E-state index contributed by atoms with van der Waals surface area (Å²) in [5, 5.41) is 0. The van der Waals surface area contributed by atoms with Crippen LogP contribution in [0.25, 0.3) is 0 Å². The minimum Gasteiger partial charge on any atom is -0.253 e. The summed E-state index contributed by atoms with van der Waals surface area (Å²) in [4.78, 5) is 8.94. The Labute approximate surface area is 85.2 Å². The van der Waals surface area contributed by atoms with Gasteiger partial charge in [-0.15, -0.1) is 0 Å². The van der Waals surface area contributed by atoms with Crippen molar-refractivity contribution in [1.29, 1.82) is 0 Å². The SMILES string of the molecule is CCCCC(CC)C[O+]P(=O)(O)O[NH3+]. The van der Waals surface area contributed by atoms with Crippen LogP contribution in [0.4, 0.5) is 0 Å². The summed E-state index contributed by atoms with van der Waals surface area (Å²) in [5.41, 5.74) is 0. The lowest BCUT2D eigenvalue weighted by atomic mass is 10.0. The van der Waals surface area contributed by atoms with Crippen molar-refractivity contribution in [3.63, 3.8) is 0 Å². The van der Waals surface area contributed by atoms with Crippen molar-refractivity contribution in [2.45, 2.75) is 39.5 Å². The Morgan fingerprint density at radius 2 is 2.21 bits per heavy atom. The smallest absolute Gasteiger partial charge is 0.253 e. The lowest BCUT2D eigenvalue weighted by Gasteiger charge is -2.06. The van der Waals surface area contributed by atoms with Crippen LogP contribution in [-0.4, -0.2) is 11.5 Å². The topological polar surface area (TPSA) is 85.5 Å². The average molecular weight is 226 g/mol. The van der Waals surface area contributed by atoms with Gasteiger partial charge in [0.2, 0.25) is 6.61 Å². The molecular formula is C8H21NO4P+2. The highest BCUT2D eigenvalue weighted by Gasteiger charge is 2.40. The maximum Gasteiger partial charge on any atom is 0.754 e. The van der Waals surface area contributed by atoms with Gasteiger partial charge in [0.15, 0.2) is 0 Å². The van der Waals surface area contributed by atoms with E-state index in [4.69, 9.17) is 9.42 Å². The Balaban J connectivity index is 3.77. The molecule has 5 nitrogen and oxygen atoms in total. The molecule has 0 saturated heterocycles. The van der Waals surface area contributed by atoms with Gasteiger partial charge < -0.3 is 0 Å². The molecule has 0 saturated carbocycles. The number of quaternary nitrogens is 1. The van der Waals surface area contributed by atoms with Gasteiger partial charge in [0.25, 0.3) is 0 Å². The van der Waals surface area contributed by atoms with E-state index in [1.54, 1.807) is 0 Å². The second-order valence-corrected chi connectivity index (χ2v) is 4.76. The fourth-order valence-electron chi connectivity index (χ4n) is 1.13. The maximum atomic E-state index is 10.9. The molecule has 85 valence electrons. The third-order valence-corrected chi connectivity index (χ3v) is 2.98. The Bertz CT molecular complexity index is 188. The van der Waals surface area contributed by atoms with Gasteiger partial charge >= 0.3 is 7.82 Å². The number of hydrogen-bond acceptors (Lipinski definition) is 3. The number of unbranched alkanes of at least 4 members (excludes halogenated alkanes) is 1. The Morgan fingerprint density at radius 1 is 1.57 bits per heavy atom. The van der Waals surface area contributed by atoms with Gasteiger partial charge in [0.1, 0.15) is 0 Å². The predicted octanol–water partition coefficient (Wildman–Crippen LogP) is 1.49. The van der Waals surface area contributed by atoms with E-state index in [9.17, 15) is 4.57 Å². The van der Waals surface area contributed by atoms with E-state index in [2.05, 4.69) is 17.4 Å². The van der Waals surface area contributed by atoms with E-state index < -0.39 is 7.82 Å². The highest BCUT2D eigenvalue weighted by molar-refractivity contribution is 7.47. The first-order valence-electron chi connectivity index (χ1n) is 4.96. The molecule has 0 fully saturated rings. The molecular weight excluding hydrogens is 205 g/mol. The van der Waals surface area contributed by atoms with E-state index in [1.165, 1.54) is 0 Å². The second kappa shape index (κ2) is 7.37. The van der Waals surface area contributed by atoms with Crippen molar-refractivity contribution in [3.05, 3.63) is 0 Å². The Kier molecular flexibility index (Phi) is 7.41. The summed E-state index contributed by atoms with van der Waals surface area (Å²) in [6.45, 7) is 4.42. The lowest BCUT2D eigenvalue weighted by molar-refractivity contribution is -0.643. The molecule has 0 rings (SSSR count). The average Bonchev–Trinajstić information content (AvgIpc) is 2.18. The second-order valence-electron chi connectivity index (χ2n) is 3.31. The summed E-state index contributed by atoms with van der Waals surface area (Å²) >= 11 is 0. The maximum absolute atomic E-state index is 10.9. The molecule has 0 aliphatic heterocycles. The van der Waals surface area contributed by atoms with Gasteiger partial charge in [-0.05, 0) is 17.5 Å². The molecule has 0 aromatic rings. The lowest BCUT2D eigenvalue weighted by Crippen LogP contribution is -2.47. The predicted molar refractivity (Wildman–Crippen MR) is 53.1 cm³/mol. The van der Waals surface area contributed by atoms with Crippen LogP contribution in [0.2, 0.25) is 0 Å². The van der Waals surface area contributed by atoms with Crippen molar-refractivity contribution >= 4 is 7.82 Å². The number of phosphoric ester groups is 1. The number of rotatable bonds is 8. The van der Waals surface area contributed by atoms with Crippen molar-refractivity contribution in [1.82, 2.24) is 0 Å². The standard InChI is InChI=1S/C8H20NO4P/c1-3-5-6-8(4-2)7-12-14(10,11)13-9/h8H,3-7H2,1-2,9H3/q+1/p+1. The normalized spacial score (nSPS) is 17.7. The van der Waals surface area contributed by atoms with Crippen molar-refractivity contribution in [3.8, 4) is 0 Å². The molecule has 1 radical (unpaired) electrons. The summed E-state index contributed by atoms with van der Waals surface area (Å²) in [5.74, 6) is 3.21. The van der Waals surface area contributed by atoms with Gasteiger partial charge in [0.05, 0.1) is 0 Å². The minimum atomic E-state index is -3.88. The summed E-state index contributed by atoms with van der Waals surface area (Å²) in [6.07, 6.45) is 4.20. The van der Waals surface area contributed by atoms with E-state index in [-0.39, 0.29) is 6.61 Å². The van der Waals surface area contributed by atoms with Crippen LogP contribution >= 0.6 is 7.82 Å². The minimum absolute atomic E-state index is 0.264. The zero-order valence-electron chi connectivity index (χ0n) is 8.94. The summed E-state index contributed by atoms with van der Waals surface area (Å²) < 4.78 is 19.8. The van der Waals surface area contributed by atoms with Gasteiger partial charge in [-0.2, -0.15) is 10.5 Å². The van der Waals surface area contributed by atoms with Crippen LogP contribution in [0.1, 0.15) is 39.5 Å². The van der Waals surface area contributed by atoms with E-state index in [1.807, 2.05) is 6.92 Å². The van der Waals surface area contributed by atoms with Crippen LogP contribution in [0, 0.1) is 5.92 Å². The first-order chi connectivity index (χ1) is 6.55. The first-order valence-corrected chi connectivity index (χ1v) is 6.46. The van der Waals surface area contributed by atoms with Crippen molar-refractivity contribution < 1.29 is 24.5 Å². The molecule has 6 heteroatoms. The quantitative estimate of drug-likeness (QED) is 0.373. The van der Waals surface area contributed by atoms with Gasteiger partial charge in [0, 0.05) is 5.92 Å². The fraction of sp³-hybridized carbons (Fsp3) is 1.00. The van der Waals surface area contributed by atoms with Gasteiger partial charge in [-0.25, -0.2) is 0 Å². The van der Waals surface area contributed by atoms with Crippen molar-refractivity contribution in [2.24, 2.45) is 5.92 Å². The zero-order valence-corrected chi connectivity index (χ0v) is 9.83. The Hall–Kier alpha value is 0.0700. The zero-order chi connectivity index (χ0) is 11.0. The molecule has 2 atom stereocenters. The molecule has 0 aromatic heterocycles. The monoisotopic (exact) mass is 226 g/mol. The molecule has 0 aliphatic rings. The third kappa shape index (κ3) is 6.51. The van der Waals surface area contributed by atoms with E-state index in [0.717, 1.165) is 25.7 Å². The van der Waals surface area contributed by atoms with E-state index >= 15 is 0 Å². The molecule has 0 bridgehead atoms. The van der Waals surface area contributed by atoms with Crippen LogP contribution in [0.15, 0.2) is 0 Å². The highest BCUT2D eigenvalue weighted by atomic mass is 31.2. The van der Waals surface area contributed by atoms with Crippen LogP contribution < -0.4 is 5.90 Å². The largest absolute Gasteiger partial charge is 0.754 e. The molecule has 0 spiro atoms. The molecule has 0 aliphatic carbocycles. The fourth-order valence-corrected chi connectivity index (χ4v) is 1.61. The molecule has 14 heavy (non-hydrogen) atoms. The van der Waals surface area contributed by atoms with Gasteiger partial charge in [-0.3, -0.25) is 4.89 Å². The Morgan fingerprint density at radius 3 is 2.64 bits per heavy atom. The third-order valence-electron chi connectivity index (χ3n) is 2.18. The van der Waals surface area contributed by atoms with E-state index in [0.29, 0.717) is 5.92 Å². The number of hydrogen-bond donors (Lipinski definition) is 2. The molecule has 2 unspecified atom stereocenters. The van der Waals surface area contributed by atoms with Gasteiger partial charge in [-0.1, -0.05) is 31.2 Å². The first kappa shape index (κ1) is 14.1.